The molecule has 0 aromatic carbocycles. The standard InChI is InChI=1S/C16H23N3OS/c17-12-6-10-2-1-3-11(7-12)14(10)19-15(20)13-8-21-16(18-13)9-4-5-9/h8-12,14H,1-7,17H2,(H,19,20). The lowest BCUT2D eigenvalue weighted by molar-refractivity contribution is 0.0752. The molecule has 2 bridgehead atoms. The number of amides is 1. The number of carbonyl (C=O) groups is 1. The smallest absolute Gasteiger partial charge is 0.270 e. The van der Waals surface area contributed by atoms with Crippen molar-refractivity contribution in [1.82, 2.24) is 10.3 Å². The van der Waals surface area contributed by atoms with Gasteiger partial charge in [-0.2, -0.15) is 0 Å². The molecule has 1 amide bonds. The van der Waals surface area contributed by atoms with Crippen LogP contribution in [-0.2, 0) is 0 Å². The van der Waals surface area contributed by atoms with Crippen LogP contribution >= 0.6 is 11.3 Å². The Morgan fingerprint density at radius 2 is 1.95 bits per heavy atom. The van der Waals surface area contributed by atoms with Gasteiger partial charge in [0.1, 0.15) is 5.69 Å². The number of nitrogens with one attached hydrogen (secondary N) is 1. The summed E-state index contributed by atoms with van der Waals surface area (Å²) in [6.07, 6.45) is 8.30. The molecule has 2 atom stereocenters. The van der Waals surface area contributed by atoms with Gasteiger partial charge < -0.3 is 11.1 Å². The van der Waals surface area contributed by atoms with E-state index in [0.717, 1.165) is 17.8 Å². The van der Waals surface area contributed by atoms with Crippen LogP contribution in [0, 0.1) is 11.8 Å². The van der Waals surface area contributed by atoms with E-state index in [9.17, 15) is 4.79 Å². The molecule has 1 heterocycles. The molecule has 0 saturated heterocycles. The summed E-state index contributed by atoms with van der Waals surface area (Å²) >= 11 is 1.64. The number of thiazole rings is 1. The third-order valence-electron chi connectivity index (χ3n) is 5.36. The summed E-state index contributed by atoms with van der Waals surface area (Å²) < 4.78 is 0. The minimum Gasteiger partial charge on any atom is -0.347 e. The van der Waals surface area contributed by atoms with Crippen LogP contribution in [0.15, 0.2) is 5.38 Å². The highest BCUT2D eigenvalue weighted by Crippen LogP contribution is 2.42. The van der Waals surface area contributed by atoms with E-state index in [1.807, 2.05) is 5.38 Å². The molecular weight excluding hydrogens is 282 g/mol. The van der Waals surface area contributed by atoms with Gasteiger partial charge in [-0.25, -0.2) is 4.98 Å². The second-order valence-corrected chi connectivity index (χ2v) is 7.92. The van der Waals surface area contributed by atoms with Gasteiger partial charge in [-0.1, -0.05) is 6.42 Å². The van der Waals surface area contributed by atoms with Crippen LogP contribution in [-0.4, -0.2) is 23.0 Å². The van der Waals surface area contributed by atoms with Gasteiger partial charge in [-0.3, -0.25) is 4.79 Å². The molecule has 4 rings (SSSR count). The Hall–Kier alpha value is -0.940. The molecule has 3 N–H and O–H groups in total. The van der Waals surface area contributed by atoms with Crippen molar-refractivity contribution in [3.05, 3.63) is 16.1 Å². The van der Waals surface area contributed by atoms with Gasteiger partial charge in [-0.05, 0) is 50.4 Å². The van der Waals surface area contributed by atoms with E-state index < -0.39 is 0 Å². The molecule has 114 valence electrons. The Morgan fingerprint density at radius 1 is 1.24 bits per heavy atom. The van der Waals surface area contributed by atoms with Crippen LogP contribution in [0.5, 0.6) is 0 Å². The van der Waals surface area contributed by atoms with Gasteiger partial charge in [0.15, 0.2) is 0 Å². The quantitative estimate of drug-likeness (QED) is 0.902. The normalized spacial score (nSPS) is 35.5. The average Bonchev–Trinajstić information content (AvgIpc) is 3.17. The van der Waals surface area contributed by atoms with Crippen molar-refractivity contribution in [2.45, 2.75) is 62.9 Å². The fourth-order valence-corrected chi connectivity index (χ4v) is 5.13. The SMILES string of the molecule is NC1CC2CCCC(C1)C2NC(=O)c1csc(C2CC2)n1. The second-order valence-electron chi connectivity index (χ2n) is 7.03. The molecule has 1 aromatic heterocycles. The van der Waals surface area contributed by atoms with Crippen molar-refractivity contribution < 1.29 is 4.79 Å². The Bertz CT molecular complexity index is 525. The molecule has 0 aliphatic heterocycles. The van der Waals surface area contributed by atoms with E-state index in [-0.39, 0.29) is 5.91 Å². The molecule has 2 unspecified atom stereocenters. The fraction of sp³-hybridized carbons (Fsp3) is 0.750. The summed E-state index contributed by atoms with van der Waals surface area (Å²) in [5, 5.41) is 6.35. The molecule has 0 radical (unpaired) electrons. The van der Waals surface area contributed by atoms with E-state index in [1.165, 1.54) is 32.1 Å². The summed E-state index contributed by atoms with van der Waals surface area (Å²) in [7, 11) is 0. The van der Waals surface area contributed by atoms with Crippen LogP contribution in [0.4, 0.5) is 0 Å². The number of nitrogens with zero attached hydrogens (tertiary/aromatic N) is 1. The first-order chi connectivity index (χ1) is 10.2. The van der Waals surface area contributed by atoms with E-state index in [1.54, 1.807) is 11.3 Å². The minimum atomic E-state index is 0.0236. The van der Waals surface area contributed by atoms with Gasteiger partial charge >= 0.3 is 0 Å². The molecule has 1 aromatic rings. The van der Waals surface area contributed by atoms with E-state index in [2.05, 4.69) is 10.3 Å². The van der Waals surface area contributed by atoms with Crippen molar-refractivity contribution in [3.8, 4) is 0 Å². The van der Waals surface area contributed by atoms with Gasteiger partial charge in [0.25, 0.3) is 5.91 Å². The van der Waals surface area contributed by atoms with Crippen molar-refractivity contribution in [2.24, 2.45) is 17.6 Å². The maximum atomic E-state index is 12.5. The first kappa shape index (κ1) is 13.7. The zero-order valence-corrected chi connectivity index (χ0v) is 13.1. The largest absolute Gasteiger partial charge is 0.347 e. The van der Waals surface area contributed by atoms with Crippen molar-refractivity contribution in [1.29, 1.82) is 0 Å². The first-order valence-electron chi connectivity index (χ1n) is 8.22. The number of fused-ring (bicyclic) bond motifs is 2. The second kappa shape index (κ2) is 5.36. The van der Waals surface area contributed by atoms with E-state index in [0.29, 0.717) is 35.5 Å². The lowest BCUT2D eigenvalue weighted by Gasteiger charge is -2.45. The Labute approximate surface area is 129 Å². The predicted molar refractivity (Wildman–Crippen MR) is 83.4 cm³/mol. The highest BCUT2D eigenvalue weighted by Gasteiger charge is 2.40. The van der Waals surface area contributed by atoms with Crippen LogP contribution in [0.3, 0.4) is 0 Å². The molecule has 3 fully saturated rings. The maximum absolute atomic E-state index is 12.5. The van der Waals surface area contributed by atoms with E-state index in [4.69, 9.17) is 5.73 Å². The summed E-state index contributed by atoms with van der Waals surface area (Å²) in [6.45, 7) is 0. The summed E-state index contributed by atoms with van der Waals surface area (Å²) in [6, 6.07) is 0.645. The van der Waals surface area contributed by atoms with Crippen LogP contribution in [0.1, 0.15) is 66.4 Å². The van der Waals surface area contributed by atoms with Crippen LogP contribution in [0.25, 0.3) is 0 Å². The molecule has 5 heteroatoms. The number of carbonyl (C=O) groups excluding carboxylic acids is 1. The van der Waals surface area contributed by atoms with Crippen LogP contribution < -0.4 is 11.1 Å². The average molecular weight is 305 g/mol. The molecule has 3 aliphatic carbocycles. The first-order valence-corrected chi connectivity index (χ1v) is 9.10. The minimum absolute atomic E-state index is 0.0236. The summed E-state index contributed by atoms with van der Waals surface area (Å²) in [5.41, 5.74) is 6.77. The number of hydrogen-bond acceptors (Lipinski definition) is 4. The monoisotopic (exact) mass is 305 g/mol. The Kier molecular flexibility index (Phi) is 3.50. The van der Waals surface area contributed by atoms with Gasteiger partial charge in [0.05, 0.1) is 5.01 Å². The lowest BCUT2D eigenvalue weighted by Crippen LogP contribution is -2.53. The van der Waals surface area contributed by atoms with E-state index >= 15 is 0 Å². The van der Waals surface area contributed by atoms with Gasteiger partial charge in [0, 0.05) is 23.4 Å². The zero-order chi connectivity index (χ0) is 14.4. The molecule has 3 aliphatic rings. The number of nitrogens with two attached hydrogens (primary N) is 1. The molecule has 21 heavy (non-hydrogen) atoms. The third kappa shape index (κ3) is 2.73. The van der Waals surface area contributed by atoms with Crippen molar-refractivity contribution >= 4 is 17.2 Å². The highest BCUT2D eigenvalue weighted by molar-refractivity contribution is 7.10. The van der Waals surface area contributed by atoms with Gasteiger partial charge in [-0.15, -0.1) is 11.3 Å². The maximum Gasteiger partial charge on any atom is 0.270 e. The van der Waals surface area contributed by atoms with Crippen molar-refractivity contribution in [2.75, 3.05) is 0 Å². The lowest BCUT2D eigenvalue weighted by atomic mass is 9.67. The summed E-state index contributed by atoms with van der Waals surface area (Å²) in [5.74, 6) is 1.79. The Morgan fingerprint density at radius 3 is 2.62 bits per heavy atom. The summed E-state index contributed by atoms with van der Waals surface area (Å²) in [4.78, 5) is 17.0. The Balaban J connectivity index is 1.45. The van der Waals surface area contributed by atoms with Crippen LogP contribution in [0.2, 0.25) is 0 Å². The number of rotatable bonds is 3. The predicted octanol–water partition coefficient (Wildman–Crippen LogP) is 2.66. The molecule has 3 saturated carbocycles. The fourth-order valence-electron chi connectivity index (χ4n) is 4.16. The topological polar surface area (TPSA) is 68.0 Å². The van der Waals surface area contributed by atoms with Gasteiger partial charge in [0.2, 0.25) is 0 Å². The third-order valence-corrected chi connectivity index (χ3v) is 6.36. The van der Waals surface area contributed by atoms with Crippen molar-refractivity contribution in [3.63, 3.8) is 0 Å². The number of hydrogen-bond donors (Lipinski definition) is 2. The number of aromatic nitrogens is 1. The highest BCUT2D eigenvalue weighted by atomic mass is 32.1. The molecular formula is C16H23N3OS. The molecule has 0 spiro atoms. The molecule has 4 nitrogen and oxygen atoms in total. The zero-order valence-electron chi connectivity index (χ0n) is 12.3.